The lowest BCUT2D eigenvalue weighted by Crippen LogP contribution is -1.87. The van der Waals surface area contributed by atoms with Gasteiger partial charge in [0.05, 0.1) is 0 Å². The molecule has 0 saturated carbocycles. The molecular formula is C13H17N3S. The Morgan fingerprint density at radius 3 is 2.88 bits per heavy atom. The van der Waals surface area contributed by atoms with Crippen LogP contribution in [0.4, 0.5) is 0 Å². The molecule has 0 spiro atoms. The first-order chi connectivity index (χ1) is 8.29. The lowest BCUT2D eigenvalue weighted by atomic mass is 10.1. The van der Waals surface area contributed by atoms with Crippen LogP contribution in [-0.2, 0) is 12.2 Å². The lowest BCUT2D eigenvalue weighted by molar-refractivity contribution is 0.840. The van der Waals surface area contributed by atoms with Crippen LogP contribution in [0.3, 0.4) is 0 Å². The first kappa shape index (κ1) is 12.2. The van der Waals surface area contributed by atoms with Crippen molar-refractivity contribution in [2.24, 2.45) is 0 Å². The van der Waals surface area contributed by atoms with Gasteiger partial charge in [0.25, 0.3) is 0 Å². The minimum atomic E-state index is 0.844. The molecule has 0 amide bonds. The maximum atomic E-state index is 4.44. The standard InChI is InChI=1S/C13H17N3S/c1-3-6-12-14-13(16-15-12)17-9-11-8-5-4-7-10(11)2/h4-5,7-8H,3,6,9H2,1-2H3,(H,14,15,16). The zero-order chi connectivity index (χ0) is 12.1. The Hall–Kier alpha value is -1.29. The fraction of sp³-hybridized carbons (Fsp3) is 0.385. The van der Waals surface area contributed by atoms with Gasteiger partial charge in [0.15, 0.2) is 0 Å². The fourth-order valence-electron chi connectivity index (χ4n) is 1.61. The second kappa shape index (κ2) is 5.87. The van der Waals surface area contributed by atoms with Crippen LogP contribution in [0.1, 0.15) is 30.3 Å². The molecule has 4 heteroatoms. The second-order valence-electron chi connectivity index (χ2n) is 4.03. The summed E-state index contributed by atoms with van der Waals surface area (Å²) in [5.41, 5.74) is 2.67. The molecule has 90 valence electrons. The number of aromatic amines is 1. The van der Waals surface area contributed by atoms with Crippen LogP contribution in [0.15, 0.2) is 29.4 Å². The maximum Gasteiger partial charge on any atom is 0.208 e. The summed E-state index contributed by atoms with van der Waals surface area (Å²) in [5.74, 6) is 1.91. The predicted molar refractivity (Wildman–Crippen MR) is 71.1 cm³/mol. The van der Waals surface area contributed by atoms with Crippen molar-refractivity contribution in [1.29, 1.82) is 0 Å². The van der Waals surface area contributed by atoms with Gasteiger partial charge in [0, 0.05) is 12.2 Å². The molecule has 0 saturated heterocycles. The number of aromatic nitrogens is 3. The van der Waals surface area contributed by atoms with Gasteiger partial charge >= 0.3 is 0 Å². The number of thioether (sulfide) groups is 1. The van der Waals surface area contributed by atoms with E-state index in [4.69, 9.17) is 0 Å². The molecule has 1 heterocycles. The molecule has 2 rings (SSSR count). The Labute approximate surface area is 106 Å². The summed E-state index contributed by atoms with van der Waals surface area (Å²) in [7, 11) is 0. The average molecular weight is 247 g/mol. The van der Waals surface area contributed by atoms with E-state index in [1.165, 1.54) is 11.1 Å². The van der Waals surface area contributed by atoms with Gasteiger partial charge in [0.2, 0.25) is 5.16 Å². The van der Waals surface area contributed by atoms with Crippen LogP contribution in [0.5, 0.6) is 0 Å². The molecule has 0 atom stereocenters. The van der Waals surface area contributed by atoms with Gasteiger partial charge in [-0.05, 0) is 24.5 Å². The third kappa shape index (κ3) is 3.33. The summed E-state index contributed by atoms with van der Waals surface area (Å²) < 4.78 is 0. The summed E-state index contributed by atoms with van der Waals surface area (Å²) in [6.45, 7) is 4.28. The monoisotopic (exact) mass is 247 g/mol. The SMILES string of the molecule is CCCc1nc(SCc2ccccc2C)n[nH]1. The number of rotatable bonds is 5. The molecule has 17 heavy (non-hydrogen) atoms. The highest BCUT2D eigenvalue weighted by molar-refractivity contribution is 7.98. The van der Waals surface area contributed by atoms with E-state index >= 15 is 0 Å². The van der Waals surface area contributed by atoms with Crippen LogP contribution in [0.25, 0.3) is 0 Å². The van der Waals surface area contributed by atoms with E-state index in [9.17, 15) is 0 Å². The smallest absolute Gasteiger partial charge is 0.208 e. The molecule has 3 nitrogen and oxygen atoms in total. The molecule has 1 aromatic carbocycles. The van der Waals surface area contributed by atoms with Crippen molar-refractivity contribution in [2.75, 3.05) is 0 Å². The first-order valence-electron chi connectivity index (χ1n) is 5.88. The zero-order valence-corrected chi connectivity index (χ0v) is 11.0. The van der Waals surface area contributed by atoms with Crippen molar-refractivity contribution in [1.82, 2.24) is 15.2 Å². The van der Waals surface area contributed by atoms with Crippen molar-refractivity contribution < 1.29 is 0 Å². The van der Waals surface area contributed by atoms with Crippen molar-refractivity contribution >= 4 is 11.8 Å². The summed E-state index contributed by atoms with van der Waals surface area (Å²) in [6.07, 6.45) is 2.06. The highest BCUT2D eigenvalue weighted by atomic mass is 32.2. The number of hydrogen-bond acceptors (Lipinski definition) is 3. The minimum absolute atomic E-state index is 0.844. The van der Waals surface area contributed by atoms with Crippen LogP contribution in [0.2, 0.25) is 0 Å². The second-order valence-corrected chi connectivity index (χ2v) is 4.97. The number of benzene rings is 1. The summed E-state index contributed by atoms with van der Waals surface area (Å²) in [6, 6.07) is 8.43. The van der Waals surface area contributed by atoms with Gasteiger partial charge in [-0.2, -0.15) is 0 Å². The molecule has 1 aromatic heterocycles. The van der Waals surface area contributed by atoms with Crippen molar-refractivity contribution in [3.63, 3.8) is 0 Å². The molecule has 2 aromatic rings. The Morgan fingerprint density at radius 1 is 1.29 bits per heavy atom. The number of H-pyrrole nitrogens is 1. The van der Waals surface area contributed by atoms with E-state index in [1.54, 1.807) is 11.8 Å². The molecule has 0 aliphatic heterocycles. The summed E-state index contributed by atoms with van der Waals surface area (Å²) in [5, 5.41) is 8.03. The molecule has 0 radical (unpaired) electrons. The van der Waals surface area contributed by atoms with Crippen LogP contribution in [0, 0.1) is 6.92 Å². The van der Waals surface area contributed by atoms with Crippen molar-refractivity contribution in [3.05, 3.63) is 41.2 Å². The average Bonchev–Trinajstić information content (AvgIpc) is 2.76. The molecular weight excluding hydrogens is 230 g/mol. The van der Waals surface area contributed by atoms with E-state index in [0.717, 1.165) is 29.6 Å². The molecule has 0 aliphatic carbocycles. The van der Waals surface area contributed by atoms with Gasteiger partial charge in [0.1, 0.15) is 5.82 Å². The Balaban J connectivity index is 1.95. The van der Waals surface area contributed by atoms with Crippen LogP contribution < -0.4 is 0 Å². The van der Waals surface area contributed by atoms with Crippen LogP contribution in [-0.4, -0.2) is 15.2 Å². The Kier molecular flexibility index (Phi) is 4.20. The summed E-state index contributed by atoms with van der Waals surface area (Å²) in [4.78, 5) is 4.44. The Morgan fingerprint density at radius 2 is 2.12 bits per heavy atom. The predicted octanol–water partition coefficient (Wildman–Crippen LogP) is 3.36. The van der Waals surface area contributed by atoms with Crippen LogP contribution >= 0.6 is 11.8 Å². The largest absolute Gasteiger partial charge is 0.262 e. The molecule has 0 fully saturated rings. The van der Waals surface area contributed by atoms with Gasteiger partial charge in [-0.1, -0.05) is 43.0 Å². The van der Waals surface area contributed by atoms with Gasteiger partial charge in [-0.25, -0.2) is 4.98 Å². The highest BCUT2D eigenvalue weighted by Crippen LogP contribution is 2.21. The number of nitrogens with one attached hydrogen (secondary N) is 1. The highest BCUT2D eigenvalue weighted by Gasteiger charge is 2.04. The Bertz CT molecular complexity index is 479. The third-order valence-corrected chi connectivity index (χ3v) is 3.51. The topological polar surface area (TPSA) is 41.6 Å². The van der Waals surface area contributed by atoms with Crippen molar-refractivity contribution in [2.45, 2.75) is 37.6 Å². The van der Waals surface area contributed by atoms with Gasteiger partial charge in [-0.3, -0.25) is 5.10 Å². The minimum Gasteiger partial charge on any atom is -0.262 e. The summed E-state index contributed by atoms with van der Waals surface area (Å²) >= 11 is 1.68. The van der Waals surface area contributed by atoms with E-state index in [-0.39, 0.29) is 0 Å². The number of hydrogen-bond donors (Lipinski definition) is 1. The normalized spacial score (nSPS) is 10.7. The maximum absolute atomic E-state index is 4.44. The zero-order valence-electron chi connectivity index (χ0n) is 10.2. The van der Waals surface area contributed by atoms with Gasteiger partial charge in [-0.15, -0.1) is 5.10 Å². The van der Waals surface area contributed by atoms with Crippen molar-refractivity contribution in [3.8, 4) is 0 Å². The van der Waals surface area contributed by atoms with E-state index < -0.39 is 0 Å². The quantitative estimate of drug-likeness (QED) is 0.824. The third-order valence-electron chi connectivity index (χ3n) is 2.62. The molecule has 0 aliphatic rings. The first-order valence-corrected chi connectivity index (χ1v) is 6.86. The van der Waals surface area contributed by atoms with E-state index in [1.807, 2.05) is 0 Å². The van der Waals surface area contributed by atoms with E-state index in [2.05, 4.69) is 53.3 Å². The molecule has 0 bridgehead atoms. The van der Waals surface area contributed by atoms with Gasteiger partial charge < -0.3 is 0 Å². The van der Waals surface area contributed by atoms with E-state index in [0.29, 0.717) is 0 Å². The number of nitrogens with zero attached hydrogens (tertiary/aromatic N) is 2. The fourth-order valence-corrected chi connectivity index (χ4v) is 2.50. The molecule has 0 unspecified atom stereocenters. The molecule has 1 N–H and O–H groups in total. The number of aryl methyl sites for hydroxylation is 2. The lowest BCUT2D eigenvalue weighted by Gasteiger charge is -2.02.